The lowest BCUT2D eigenvalue weighted by atomic mass is 10.2. The first-order chi connectivity index (χ1) is 8.94. The summed E-state index contributed by atoms with van der Waals surface area (Å²) in [6, 6.07) is 3.03. The predicted octanol–water partition coefficient (Wildman–Crippen LogP) is -0.175. The Morgan fingerprint density at radius 2 is 1.89 bits per heavy atom. The van der Waals surface area contributed by atoms with Gasteiger partial charge in [-0.15, -0.1) is 0 Å². The molecule has 1 aromatic carbocycles. The summed E-state index contributed by atoms with van der Waals surface area (Å²) in [4.78, 5) is 16.4. The highest BCUT2D eigenvalue weighted by molar-refractivity contribution is 7.89. The highest BCUT2D eigenvalue weighted by Gasteiger charge is 2.17. The number of sulfonamides is 1. The molecule has 0 saturated heterocycles. The number of aromatic amines is 2. The Labute approximate surface area is 109 Å². The Hall–Kier alpha value is -1.64. The van der Waals surface area contributed by atoms with Gasteiger partial charge in [0.25, 0.3) is 0 Å². The summed E-state index contributed by atoms with van der Waals surface area (Å²) in [6.07, 6.45) is 0.349. The molecule has 1 aromatic heterocycles. The predicted molar refractivity (Wildman–Crippen MR) is 70.5 cm³/mol. The summed E-state index contributed by atoms with van der Waals surface area (Å²) >= 11 is 0. The zero-order valence-electron chi connectivity index (χ0n) is 10.4. The fraction of sp³-hybridized carbons (Fsp3) is 0.364. The first-order valence-corrected chi connectivity index (χ1v) is 7.25. The van der Waals surface area contributed by atoms with Crippen molar-refractivity contribution in [2.75, 3.05) is 13.2 Å². The van der Waals surface area contributed by atoms with E-state index in [1.165, 1.54) is 6.07 Å². The van der Waals surface area contributed by atoms with Crippen molar-refractivity contribution in [3.05, 3.63) is 28.2 Å². The van der Waals surface area contributed by atoms with Crippen LogP contribution in [0, 0.1) is 6.92 Å². The molecule has 0 amide bonds. The minimum absolute atomic E-state index is 0.0777. The van der Waals surface area contributed by atoms with Gasteiger partial charge in [-0.2, -0.15) is 0 Å². The SMILES string of the molecule is Cc1cc2[nH]c(=O)[nH]c2cc1S(=O)(=O)NCCCO. The standard InChI is InChI=1S/C11H15N3O4S/c1-7-5-8-9(14-11(16)13-8)6-10(7)19(17,18)12-3-2-4-15/h5-6,12,15H,2-4H2,1H3,(H2,13,14,16). The maximum atomic E-state index is 12.1. The van der Waals surface area contributed by atoms with Crippen LogP contribution in [0.1, 0.15) is 12.0 Å². The van der Waals surface area contributed by atoms with Crippen molar-refractivity contribution < 1.29 is 13.5 Å². The van der Waals surface area contributed by atoms with Crippen molar-refractivity contribution in [2.45, 2.75) is 18.2 Å². The zero-order valence-corrected chi connectivity index (χ0v) is 11.2. The summed E-state index contributed by atoms with van der Waals surface area (Å²) in [7, 11) is -3.64. The van der Waals surface area contributed by atoms with E-state index in [-0.39, 0.29) is 23.7 Å². The third kappa shape index (κ3) is 2.86. The van der Waals surface area contributed by atoms with Crippen LogP contribution in [0.15, 0.2) is 21.8 Å². The van der Waals surface area contributed by atoms with Gasteiger partial charge in [0.2, 0.25) is 10.0 Å². The van der Waals surface area contributed by atoms with Crippen molar-refractivity contribution in [1.82, 2.24) is 14.7 Å². The van der Waals surface area contributed by atoms with Gasteiger partial charge in [0.15, 0.2) is 0 Å². The molecule has 2 rings (SSSR count). The molecule has 0 radical (unpaired) electrons. The lowest BCUT2D eigenvalue weighted by Crippen LogP contribution is -2.26. The lowest BCUT2D eigenvalue weighted by molar-refractivity contribution is 0.289. The minimum atomic E-state index is -3.64. The third-order valence-corrected chi connectivity index (χ3v) is 4.33. The van der Waals surface area contributed by atoms with Gasteiger partial charge in [-0.3, -0.25) is 0 Å². The molecule has 2 aromatic rings. The van der Waals surface area contributed by atoms with E-state index in [0.717, 1.165) is 0 Å². The number of hydrogen-bond donors (Lipinski definition) is 4. The third-order valence-electron chi connectivity index (χ3n) is 2.73. The van der Waals surface area contributed by atoms with Gasteiger partial charge < -0.3 is 15.1 Å². The summed E-state index contributed by atoms with van der Waals surface area (Å²) < 4.78 is 26.6. The molecule has 0 atom stereocenters. The Morgan fingerprint density at radius 3 is 2.53 bits per heavy atom. The highest BCUT2D eigenvalue weighted by Crippen LogP contribution is 2.20. The van der Waals surface area contributed by atoms with Crippen LogP contribution in [0.25, 0.3) is 11.0 Å². The fourth-order valence-electron chi connectivity index (χ4n) is 1.82. The van der Waals surface area contributed by atoms with Gasteiger partial charge in [0, 0.05) is 13.2 Å². The van der Waals surface area contributed by atoms with Crippen molar-refractivity contribution in [1.29, 1.82) is 0 Å². The molecule has 0 aliphatic carbocycles. The monoisotopic (exact) mass is 285 g/mol. The minimum Gasteiger partial charge on any atom is -0.396 e. The molecule has 0 aliphatic heterocycles. The number of rotatable bonds is 5. The molecule has 8 heteroatoms. The number of aliphatic hydroxyl groups is 1. The van der Waals surface area contributed by atoms with Gasteiger partial charge >= 0.3 is 5.69 Å². The van der Waals surface area contributed by atoms with E-state index < -0.39 is 10.0 Å². The van der Waals surface area contributed by atoms with E-state index >= 15 is 0 Å². The smallest absolute Gasteiger partial charge is 0.323 e. The van der Waals surface area contributed by atoms with E-state index in [4.69, 9.17) is 5.11 Å². The molecule has 0 unspecified atom stereocenters. The lowest BCUT2D eigenvalue weighted by Gasteiger charge is -2.08. The van der Waals surface area contributed by atoms with Crippen molar-refractivity contribution in [3.63, 3.8) is 0 Å². The van der Waals surface area contributed by atoms with Gasteiger partial charge in [-0.05, 0) is 31.0 Å². The molecule has 1 heterocycles. The summed E-state index contributed by atoms with van der Waals surface area (Å²) in [5.41, 5.74) is 1.17. The number of hydrogen-bond acceptors (Lipinski definition) is 4. The molecule has 0 bridgehead atoms. The van der Waals surface area contributed by atoms with Crippen LogP contribution >= 0.6 is 0 Å². The molecule has 19 heavy (non-hydrogen) atoms. The van der Waals surface area contributed by atoms with Gasteiger partial charge in [0.05, 0.1) is 15.9 Å². The molecule has 0 fully saturated rings. The molecule has 7 nitrogen and oxygen atoms in total. The van der Waals surface area contributed by atoms with E-state index in [9.17, 15) is 13.2 Å². The van der Waals surface area contributed by atoms with Crippen LogP contribution in [0.2, 0.25) is 0 Å². The molecule has 104 valence electrons. The number of H-pyrrole nitrogens is 2. The van der Waals surface area contributed by atoms with E-state index in [1.54, 1.807) is 13.0 Å². The molecule has 0 spiro atoms. The first kappa shape index (κ1) is 13.8. The summed E-state index contributed by atoms with van der Waals surface area (Å²) in [6.45, 7) is 1.75. The second kappa shape index (κ2) is 5.16. The van der Waals surface area contributed by atoms with E-state index in [1.807, 2.05) is 0 Å². The van der Waals surface area contributed by atoms with Crippen LogP contribution in [0.3, 0.4) is 0 Å². The normalized spacial score (nSPS) is 12.1. The van der Waals surface area contributed by atoms with Crippen LogP contribution in [-0.2, 0) is 10.0 Å². The maximum Gasteiger partial charge on any atom is 0.323 e. The van der Waals surface area contributed by atoms with E-state index in [2.05, 4.69) is 14.7 Å². The Bertz CT molecular complexity index is 745. The van der Waals surface area contributed by atoms with Crippen molar-refractivity contribution >= 4 is 21.1 Å². The second-order valence-corrected chi connectivity index (χ2v) is 5.95. The Balaban J connectivity index is 2.43. The van der Waals surface area contributed by atoms with Crippen molar-refractivity contribution in [2.24, 2.45) is 0 Å². The topological polar surface area (TPSA) is 115 Å². The summed E-state index contributed by atoms with van der Waals surface area (Å²) in [5, 5.41) is 8.65. The van der Waals surface area contributed by atoms with E-state index in [0.29, 0.717) is 23.0 Å². The number of imidazole rings is 1. The average Bonchev–Trinajstić information content (AvgIpc) is 2.67. The number of aliphatic hydroxyl groups excluding tert-OH is 1. The summed E-state index contributed by atoms with van der Waals surface area (Å²) in [5.74, 6) is 0. The van der Waals surface area contributed by atoms with Crippen LogP contribution in [-0.4, -0.2) is 36.6 Å². The molecule has 4 N–H and O–H groups in total. The van der Waals surface area contributed by atoms with Gasteiger partial charge in [0.1, 0.15) is 0 Å². The van der Waals surface area contributed by atoms with Gasteiger partial charge in [-0.1, -0.05) is 0 Å². The molecular weight excluding hydrogens is 270 g/mol. The molecule has 0 saturated carbocycles. The number of nitrogens with one attached hydrogen (secondary N) is 3. The largest absolute Gasteiger partial charge is 0.396 e. The van der Waals surface area contributed by atoms with Crippen LogP contribution in [0.5, 0.6) is 0 Å². The van der Waals surface area contributed by atoms with Crippen molar-refractivity contribution in [3.8, 4) is 0 Å². The van der Waals surface area contributed by atoms with Crippen LogP contribution < -0.4 is 10.4 Å². The number of benzene rings is 1. The molecule has 0 aliphatic rings. The maximum absolute atomic E-state index is 12.1. The number of aromatic nitrogens is 2. The Kier molecular flexibility index (Phi) is 3.74. The second-order valence-electron chi connectivity index (χ2n) is 4.22. The molecular formula is C11H15N3O4S. The Morgan fingerprint density at radius 1 is 1.26 bits per heavy atom. The number of fused-ring (bicyclic) bond motifs is 1. The number of aryl methyl sites for hydroxylation is 1. The van der Waals surface area contributed by atoms with Crippen LogP contribution in [0.4, 0.5) is 0 Å². The highest BCUT2D eigenvalue weighted by atomic mass is 32.2. The van der Waals surface area contributed by atoms with Gasteiger partial charge in [-0.25, -0.2) is 17.9 Å². The zero-order chi connectivity index (χ0) is 14.0. The first-order valence-electron chi connectivity index (χ1n) is 5.77. The quantitative estimate of drug-likeness (QED) is 0.571. The fourth-order valence-corrected chi connectivity index (χ4v) is 3.15. The average molecular weight is 285 g/mol.